The van der Waals surface area contributed by atoms with Gasteiger partial charge >= 0.3 is 0 Å². The van der Waals surface area contributed by atoms with Crippen molar-refractivity contribution in [3.05, 3.63) is 11.1 Å². The van der Waals surface area contributed by atoms with Crippen molar-refractivity contribution in [1.29, 1.82) is 10.5 Å². The van der Waals surface area contributed by atoms with Crippen LogP contribution in [0.4, 0.5) is 5.82 Å². The maximum Gasteiger partial charge on any atom is 0.177 e. The first-order valence-electron chi connectivity index (χ1n) is 4.78. The first kappa shape index (κ1) is 12.6. The molecule has 0 saturated carbocycles. The monoisotopic (exact) mass is 276 g/mol. The molecule has 0 fully saturated rings. The molecule has 0 spiro atoms. The predicted octanol–water partition coefficient (Wildman–Crippen LogP) is 1.50. The van der Waals surface area contributed by atoms with Crippen molar-refractivity contribution in [2.45, 2.75) is 10.1 Å². The van der Waals surface area contributed by atoms with E-state index in [1.807, 2.05) is 12.3 Å². The molecular formula is C10H8N6S2. The highest BCUT2D eigenvalue weighted by atomic mass is 32.2. The van der Waals surface area contributed by atoms with Gasteiger partial charge in [0.2, 0.25) is 0 Å². The van der Waals surface area contributed by atoms with Crippen molar-refractivity contribution in [1.82, 2.24) is 14.6 Å². The summed E-state index contributed by atoms with van der Waals surface area (Å²) in [5, 5.41) is 23.5. The van der Waals surface area contributed by atoms with Crippen LogP contribution in [0.15, 0.2) is 10.1 Å². The number of nitrogen functional groups attached to an aromatic ring is 1. The Balaban J connectivity index is 2.94. The maximum absolute atomic E-state index is 9.15. The van der Waals surface area contributed by atoms with Crippen molar-refractivity contribution in [2.24, 2.45) is 0 Å². The smallest absolute Gasteiger partial charge is 0.177 e. The highest BCUT2D eigenvalue weighted by molar-refractivity contribution is 7.98. The Morgan fingerprint density at radius 3 is 2.22 bits per heavy atom. The highest BCUT2D eigenvalue weighted by Gasteiger charge is 2.19. The molecule has 0 unspecified atom stereocenters. The molecule has 0 saturated heterocycles. The molecule has 0 aliphatic rings. The zero-order valence-electron chi connectivity index (χ0n) is 9.63. The predicted molar refractivity (Wildman–Crippen MR) is 70.4 cm³/mol. The standard InChI is InChI=1S/C10H8N6S2/c1-17-9-5(3-11)7(13)16-8(14-9)6(4-12)10(15-16)18-2/h13H2,1-2H3. The molecule has 18 heavy (non-hydrogen) atoms. The van der Waals surface area contributed by atoms with Gasteiger partial charge in [-0.2, -0.15) is 20.1 Å². The van der Waals surface area contributed by atoms with Gasteiger partial charge in [-0.25, -0.2) is 4.98 Å². The van der Waals surface area contributed by atoms with Gasteiger partial charge in [0.05, 0.1) is 0 Å². The van der Waals surface area contributed by atoms with Gasteiger partial charge in [-0.15, -0.1) is 23.5 Å². The minimum atomic E-state index is 0.212. The van der Waals surface area contributed by atoms with E-state index in [4.69, 9.17) is 16.3 Å². The van der Waals surface area contributed by atoms with Crippen LogP contribution < -0.4 is 5.73 Å². The summed E-state index contributed by atoms with van der Waals surface area (Å²) < 4.78 is 1.35. The van der Waals surface area contributed by atoms with Crippen molar-refractivity contribution in [3.8, 4) is 12.1 Å². The fourth-order valence-electron chi connectivity index (χ4n) is 1.52. The molecule has 2 N–H and O–H groups in total. The first-order valence-corrected chi connectivity index (χ1v) is 7.23. The van der Waals surface area contributed by atoms with Crippen LogP contribution in [0.3, 0.4) is 0 Å². The first-order chi connectivity index (χ1) is 8.67. The van der Waals surface area contributed by atoms with Crippen molar-refractivity contribution >= 4 is 35.0 Å². The third kappa shape index (κ3) is 1.67. The molecule has 0 aliphatic carbocycles. The summed E-state index contributed by atoms with van der Waals surface area (Å²) in [5.41, 5.74) is 6.96. The van der Waals surface area contributed by atoms with E-state index in [9.17, 15) is 0 Å². The Hall–Kier alpha value is -1.90. The quantitative estimate of drug-likeness (QED) is 0.654. The second kappa shape index (κ2) is 4.77. The van der Waals surface area contributed by atoms with E-state index in [1.165, 1.54) is 28.0 Å². The Kier molecular flexibility index (Phi) is 3.32. The molecule has 0 aromatic carbocycles. The highest BCUT2D eigenvalue weighted by Crippen LogP contribution is 2.28. The molecule has 8 heteroatoms. The minimum Gasteiger partial charge on any atom is -0.382 e. The lowest BCUT2D eigenvalue weighted by Crippen LogP contribution is -2.05. The van der Waals surface area contributed by atoms with E-state index >= 15 is 0 Å². The third-order valence-electron chi connectivity index (χ3n) is 2.34. The van der Waals surface area contributed by atoms with Crippen molar-refractivity contribution in [3.63, 3.8) is 0 Å². The van der Waals surface area contributed by atoms with Gasteiger partial charge < -0.3 is 5.73 Å². The second-order valence-corrected chi connectivity index (χ2v) is 4.81. The van der Waals surface area contributed by atoms with E-state index < -0.39 is 0 Å². The molecule has 2 aromatic rings. The van der Waals surface area contributed by atoms with Crippen LogP contribution in [0.25, 0.3) is 5.65 Å². The number of nitrogens with two attached hydrogens (primary N) is 1. The van der Waals surface area contributed by atoms with Gasteiger partial charge in [0.15, 0.2) is 5.65 Å². The van der Waals surface area contributed by atoms with Crippen molar-refractivity contribution in [2.75, 3.05) is 18.2 Å². The van der Waals surface area contributed by atoms with Crippen molar-refractivity contribution < 1.29 is 0 Å². The minimum absolute atomic E-state index is 0.212. The fraction of sp³-hybridized carbons (Fsp3) is 0.200. The average molecular weight is 276 g/mol. The van der Waals surface area contributed by atoms with E-state index in [0.717, 1.165) is 0 Å². The fourth-order valence-corrected chi connectivity index (χ4v) is 2.56. The van der Waals surface area contributed by atoms with Crippen LogP contribution in [0.2, 0.25) is 0 Å². The SMILES string of the molecule is CSc1nc2c(C#N)c(SC)nn2c(N)c1C#N. The van der Waals surface area contributed by atoms with E-state index in [-0.39, 0.29) is 11.4 Å². The number of hydrogen-bond acceptors (Lipinski definition) is 7. The summed E-state index contributed by atoms with van der Waals surface area (Å²) in [6.45, 7) is 0. The lowest BCUT2D eigenvalue weighted by atomic mass is 10.3. The third-order valence-corrected chi connectivity index (χ3v) is 3.70. The number of hydrogen-bond donors (Lipinski definition) is 1. The van der Waals surface area contributed by atoms with Gasteiger partial charge in [0, 0.05) is 0 Å². The number of thioether (sulfide) groups is 2. The molecule has 0 amide bonds. The number of nitrogens with zero attached hydrogens (tertiary/aromatic N) is 5. The molecule has 2 rings (SSSR count). The summed E-state index contributed by atoms with van der Waals surface area (Å²) in [6, 6.07) is 4.08. The summed E-state index contributed by atoms with van der Waals surface area (Å²) in [5.74, 6) is 0.212. The zero-order valence-corrected chi connectivity index (χ0v) is 11.3. The van der Waals surface area contributed by atoms with Crippen LogP contribution in [0.1, 0.15) is 11.1 Å². The molecular weight excluding hydrogens is 268 g/mol. The molecule has 2 heterocycles. The van der Waals surface area contributed by atoms with Gasteiger partial charge in [-0.1, -0.05) is 0 Å². The Bertz CT molecular complexity index is 706. The van der Waals surface area contributed by atoms with E-state index in [1.54, 1.807) is 6.26 Å². The maximum atomic E-state index is 9.15. The summed E-state index contributed by atoms with van der Waals surface area (Å²) in [4.78, 5) is 4.29. The van der Waals surface area contributed by atoms with Crippen LogP contribution in [0.5, 0.6) is 0 Å². The number of aromatic nitrogens is 3. The van der Waals surface area contributed by atoms with Crippen LogP contribution in [-0.2, 0) is 0 Å². The van der Waals surface area contributed by atoms with E-state index in [0.29, 0.717) is 21.3 Å². The lowest BCUT2D eigenvalue weighted by Gasteiger charge is -2.04. The summed E-state index contributed by atoms with van der Waals surface area (Å²) >= 11 is 2.66. The normalized spacial score (nSPS) is 10.2. The molecule has 0 aliphatic heterocycles. The molecule has 90 valence electrons. The van der Waals surface area contributed by atoms with Gasteiger partial charge in [0.1, 0.15) is 39.1 Å². The largest absolute Gasteiger partial charge is 0.382 e. The molecule has 0 radical (unpaired) electrons. The number of fused-ring (bicyclic) bond motifs is 1. The van der Waals surface area contributed by atoms with E-state index in [2.05, 4.69) is 16.2 Å². The van der Waals surface area contributed by atoms with Crippen LogP contribution in [-0.4, -0.2) is 27.1 Å². The Morgan fingerprint density at radius 2 is 1.72 bits per heavy atom. The molecule has 0 atom stereocenters. The average Bonchev–Trinajstić information content (AvgIpc) is 2.76. The van der Waals surface area contributed by atoms with Crippen LogP contribution >= 0.6 is 23.5 Å². The van der Waals surface area contributed by atoms with Crippen LogP contribution in [0, 0.1) is 22.7 Å². The Labute approximate surface area is 112 Å². The number of anilines is 1. The van der Waals surface area contributed by atoms with Gasteiger partial charge in [-0.05, 0) is 12.5 Å². The molecule has 2 aromatic heterocycles. The summed E-state index contributed by atoms with van der Waals surface area (Å²) in [7, 11) is 0. The molecule has 0 bridgehead atoms. The van der Waals surface area contributed by atoms with Gasteiger partial charge in [0.25, 0.3) is 0 Å². The van der Waals surface area contributed by atoms with Gasteiger partial charge in [-0.3, -0.25) is 0 Å². The molecule has 6 nitrogen and oxygen atoms in total. The number of nitriles is 2. The summed E-state index contributed by atoms with van der Waals surface area (Å²) in [6.07, 6.45) is 3.62. The zero-order chi connectivity index (χ0) is 13.3. The topological polar surface area (TPSA) is 104 Å². The lowest BCUT2D eigenvalue weighted by molar-refractivity contribution is 0.880. The Morgan fingerprint density at radius 1 is 1.11 bits per heavy atom. The number of rotatable bonds is 2. The second-order valence-electron chi connectivity index (χ2n) is 3.22.